The summed E-state index contributed by atoms with van der Waals surface area (Å²) in [6.07, 6.45) is 3.36. The van der Waals surface area contributed by atoms with Crippen molar-refractivity contribution in [2.45, 2.75) is 25.3 Å². The predicted octanol–water partition coefficient (Wildman–Crippen LogP) is 1.79. The summed E-state index contributed by atoms with van der Waals surface area (Å²) >= 11 is 0. The summed E-state index contributed by atoms with van der Waals surface area (Å²) in [5.41, 5.74) is 1.38. The van der Waals surface area contributed by atoms with E-state index in [1.165, 1.54) is 5.69 Å². The third-order valence-corrected chi connectivity index (χ3v) is 4.78. The third-order valence-electron chi connectivity index (χ3n) is 4.78. The molecule has 0 radical (unpaired) electrons. The molecule has 3 heteroatoms. The van der Waals surface area contributed by atoms with Crippen LogP contribution in [0, 0.1) is 11.3 Å². The molecule has 1 aromatic rings. The Hall–Kier alpha value is -1.51. The second-order valence-corrected chi connectivity index (χ2v) is 6.00. The Morgan fingerprint density at radius 2 is 2.00 bits per heavy atom. The van der Waals surface area contributed by atoms with E-state index in [4.69, 9.17) is 0 Å². The fraction of sp³-hybridized carbons (Fsp3) is 0.533. The highest BCUT2D eigenvalue weighted by Gasteiger charge is 2.74. The minimum atomic E-state index is 0.111. The molecule has 2 aliphatic carbocycles. The summed E-state index contributed by atoms with van der Waals surface area (Å²) in [5, 5.41) is 3.24. The van der Waals surface area contributed by atoms with Crippen LogP contribution in [-0.4, -0.2) is 25.0 Å². The number of hydrogen-bond donors (Lipinski definition) is 1. The highest BCUT2D eigenvalue weighted by molar-refractivity contribution is 5.90. The van der Waals surface area contributed by atoms with E-state index >= 15 is 0 Å². The van der Waals surface area contributed by atoms with Crippen LogP contribution in [0.1, 0.15) is 19.3 Å². The number of carbonyl (C=O) groups is 1. The van der Waals surface area contributed by atoms with Crippen molar-refractivity contribution >= 4 is 11.6 Å². The van der Waals surface area contributed by atoms with E-state index in [2.05, 4.69) is 34.5 Å². The van der Waals surface area contributed by atoms with Gasteiger partial charge < -0.3 is 10.2 Å². The molecule has 1 atom stereocenters. The van der Waals surface area contributed by atoms with E-state index in [0.29, 0.717) is 11.9 Å². The summed E-state index contributed by atoms with van der Waals surface area (Å²) in [6, 6.07) is 10.8. The third kappa shape index (κ3) is 1.53. The molecule has 94 valence electrons. The molecule has 1 aliphatic heterocycles. The number of rotatable bonds is 3. The lowest BCUT2D eigenvalue weighted by Crippen LogP contribution is -2.39. The van der Waals surface area contributed by atoms with Gasteiger partial charge in [0.25, 0.3) is 0 Å². The van der Waals surface area contributed by atoms with Crippen molar-refractivity contribution in [3.63, 3.8) is 0 Å². The second-order valence-electron chi connectivity index (χ2n) is 6.00. The highest BCUT2D eigenvalue weighted by atomic mass is 16.2. The Bertz CT molecular complexity index is 479. The maximum absolute atomic E-state index is 12.0. The normalized spacial score (nSPS) is 36.1. The topological polar surface area (TPSA) is 32.3 Å². The molecule has 1 aromatic carbocycles. The van der Waals surface area contributed by atoms with E-state index in [0.717, 1.165) is 38.3 Å². The second kappa shape index (κ2) is 3.50. The zero-order chi connectivity index (χ0) is 12.2. The zero-order valence-corrected chi connectivity index (χ0v) is 10.4. The molecular weight excluding hydrogens is 224 g/mol. The molecule has 3 fully saturated rings. The van der Waals surface area contributed by atoms with Crippen LogP contribution < -0.4 is 10.2 Å². The fourth-order valence-electron chi connectivity index (χ4n) is 3.15. The lowest BCUT2D eigenvalue weighted by Gasteiger charge is -2.19. The Labute approximate surface area is 107 Å². The SMILES string of the molecule is O=C(NC1CCN(c2ccccc2)C1)C12CC1C2. The van der Waals surface area contributed by atoms with Crippen molar-refractivity contribution < 1.29 is 4.79 Å². The van der Waals surface area contributed by atoms with Gasteiger partial charge in [-0.25, -0.2) is 0 Å². The van der Waals surface area contributed by atoms with E-state index in [9.17, 15) is 4.79 Å². The molecule has 4 rings (SSSR count). The number of benzene rings is 1. The molecule has 1 N–H and O–H groups in total. The number of nitrogens with one attached hydrogen (secondary N) is 1. The van der Waals surface area contributed by atoms with Gasteiger partial charge in [0.1, 0.15) is 0 Å². The zero-order valence-electron chi connectivity index (χ0n) is 10.4. The van der Waals surface area contributed by atoms with Crippen molar-refractivity contribution in [2.24, 2.45) is 11.3 Å². The van der Waals surface area contributed by atoms with Crippen LogP contribution in [-0.2, 0) is 4.79 Å². The quantitative estimate of drug-likeness (QED) is 0.876. The minimum Gasteiger partial charge on any atom is -0.369 e. The van der Waals surface area contributed by atoms with Crippen LogP contribution in [0.15, 0.2) is 30.3 Å². The van der Waals surface area contributed by atoms with Crippen molar-refractivity contribution in [2.75, 3.05) is 18.0 Å². The van der Waals surface area contributed by atoms with Gasteiger partial charge in [-0.2, -0.15) is 0 Å². The van der Waals surface area contributed by atoms with Gasteiger partial charge in [0.15, 0.2) is 0 Å². The van der Waals surface area contributed by atoms with E-state index in [1.54, 1.807) is 0 Å². The van der Waals surface area contributed by atoms with Crippen LogP contribution >= 0.6 is 0 Å². The molecule has 1 unspecified atom stereocenters. The van der Waals surface area contributed by atoms with Gasteiger partial charge in [0, 0.05) is 24.8 Å². The van der Waals surface area contributed by atoms with Crippen LogP contribution in [0.4, 0.5) is 5.69 Å². The Balaban J connectivity index is 1.37. The van der Waals surface area contributed by atoms with Crippen LogP contribution in [0.25, 0.3) is 0 Å². The number of carbonyl (C=O) groups excluding carboxylic acids is 1. The maximum Gasteiger partial charge on any atom is 0.226 e. The van der Waals surface area contributed by atoms with E-state index in [-0.39, 0.29) is 5.41 Å². The van der Waals surface area contributed by atoms with Crippen molar-refractivity contribution in [3.8, 4) is 0 Å². The van der Waals surface area contributed by atoms with Gasteiger partial charge in [0.05, 0.1) is 5.41 Å². The molecule has 0 bridgehead atoms. The molecule has 1 amide bonds. The van der Waals surface area contributed by atoms with Crippen molar-refractivity contribution in [3.05, 3.63) is 30.3 Å². The molecule has 1 saturated heterocycles. The molecule has 0 aromatic heterocycles. The summed E-state index contributed by atoms with van der Waals surface area (Å²) in [7, 11) is 0. The first kappa shape index (κ1) is 10.4. The average molecular weight is 242 g/mol. The number of nitrogens with zero attached hydrogens (tertiary/aromatic N) is 1. The Morgan fingerprint density at radius 1 is 1.28 bits per heavy atom. The maximum atomic E-state index is 12.0. The highest BCUT2D eigenvalue weighted by Crippen LogP contribution is 2.75. The van der Waals surface area contributed by atoms with Gasteiger partial charge >= 0.3 is 0 Å². The molecule has 3 aliphatic rings. The molecule has 0 spiro atoms. The first-order valence-electron chi connectivity index (χ1n) is 6.89. The van der Waals surface area contributed by atoms with Gasteiger partial charge in [-0.1, -0.05) is 18.2 Å². The first-order chi connectivity index (χ1) is 8.78. The number of anilines is 1. The Morgan fingerprint density at radius 3 is 2.67 bits per heavy atom. The van der Waals surface area contributed by atoms with Gasteiger partial charge in [-0.3, -0.25) is 4.79 Å². The summed E-state index contributed by atoms with van der Waals surface area (Å²) < 4.78 is 0. The average Bonchev–Trinajstić information content (AvgIpc) is 3.20. The predicted molar refractivity (Wildman–Crippen MR) is 70.4 cm³/mol. The number of para-hydroxylation sites is 1. The summed E-state index contributed by atoms with van der Waals surface area (Å²) in [6.45, 7) is 2.00. The summed E-state index contributed by atoms with van der Waals surface area (Å²) in [5.74, 6) is 1.07. The van der Waals surface area contributed by atoms with Crippen molar-refractivity contribution in [1.82, 2.24) is 5.32 Å². The summed E-state index contributed by atoms with van der Waals surface area (Å²) in [4.78, 5) is 14.4. The first-order valence-corrected chi connectivity index (χ1v) is 6.89. The minimum absolute atomic E-state index is 0.111. The van der Waals surface area contributed by atoms with Gasteiger partial charge in [0.2, 0.25) is 5.91 Å². The molecule has 3 nitrogen and oxygen atoms in total. The standard InChI is InChI=1S/C15H18N2O/c18-14(15-8-11(15)9-15)16-12-6-7-17(10-12)13-4-2-1-3-5-13/h1-5,11-12H,6-10H2,(H,16,18). The van der Waals surface area contributed by atoms with Gasteiger partial charge in [-0.05, 0) is 37.3 Å². The Kier molecular flexibility index (Phi) is 2.02. The lowest BCUT2D eigenvalue weighted by molar-refractivity contribution is -0.124. The van der Waals surface area contributed by atoms with Crippen LogP contribution in [0.3, 0.4) is 0 Å². The number of hydrogen-bond acceptors (Lipinski definition) is 2. The van der Waals surface area contributed by atoms with Crippen molar-refractivity contribution in [1.29, 1.82) is 0 Å². The molecule has 2 saturated carbocycles. The monoisotopic (exact) mass is 242 g/mol. The molecule has 1 heterocycles. The number of amides is 1. The number of fused-ring (bicyclic) bond motifs is 1. The molecular formula is C15H18N2O. The fourth-order valence-corrected chi connectivity index (χ4v) is 3.15. The van der Waals surface area contributed by atoms with Crippen LogP contribution in [0.5, 0.6) is 0 Å². The smallest absolute Gasteiger partial charge is 0.226 e. The van der Waals surface area contributed by atoms with E-state index in [1.807, 2.05) is 6.07 Å². The van der Waals surface area contributed by atoms with Gasteiger partial charge in [-0.15, -0.1) is 0 Å². The van der Waals surface area contributed by atoms with Crippen LogP contribution in [0.2, 0.25) is 0 Å². The molecule has 18 heavy (non-hydrogen) atoms. The van der Waals surface area contributed by atoms with E-state index < -0.39 is 0 Å². The largest absolute Gasteiger partial charge is 0.369 e. The lowest BCUT2D eigenvalue weighted by atomic mass is 10.2.